The molecule has 0 fully saturated rings. The minimum Gasteiger partial charge on any atom is -0.125 e. The summed E-state index contributed by atoms with van der Waals surface area (Å²) in [5.41, 5.74) is 4.72. The first-order valence-corrected chi connectivity index (χ1v) is 9.30. The quantitative estimate of drug-likeness (QED) is 0.361. The van der Waals surface area contributed by atoms with E-state index in [9.17, 15) is 0 Å². The molecule has 0 radical (unpaired) electrons. The zero-order valence-corrected chi connectivity index (χ0v) is 16.7. The Labute approximate surface area is 143 Å². The third kappa shape index (κ3) is 6.24. The van der Waals surface area contributed by atoms with Crippen molar-refractivity contribution in [2.45, 2.75) is 66.5 Å². The normalized spacial score (nSPS) is 12.4. The van der Waals surface area contributed by atoms with Crippen LogP contribution in [0, 0.1) is 17.8 Å². The Morgan fingerprint density at radius 1 is 1.14 bits per heavy atom. The summed E-state index contributed by atoms with van der Waals surface area (Å²) in [6.45, 7) is 23.0. The fraction of sp³-hybridized carbons (Fsp3) is 0.600. The third-order valence-corrected chi connectivity index (χ3v) is 5.82. The van der Waals surface area contributed by atoms with Crippen molar-refractivity contribution in [1.82, 2.24) is 0 Å². The van der Waals surface area contributed by atoms with Crippen LogP contribution in [-0.4, -0.2) is 12.5 Å². The molecule has 1 aromatic carbocycles. The van der Waals surface area contributed by atoms with E-state index in [1.54, 1.807) is 0 Å². The van der Waals surface area contributed by atoms with Gasteiger partial charge in [-0.25, -0.2) is 0 Å². The SMILES string of the molecule is C=C(CB(C)c1ccc(C)c(SCC(C)(C)C)c1)C(C)(C)C. The van der Waals surface area contributed by atoms with Crippen LogP contribution in [0.1, 0.15) is 47.1 Å². The maximum Gasteiger partial charge on any atom is 0.176 e. The maximum atomic E-state index is 4.29. The lowest BCUT2D eigenvalue weighted by Crippen LogP contribution is -2.29. The minimum absolute atomic E-state index is 0.197. The molecule has 0 aliphatic carbocycles. The summed E-state index contributed by atoms with van der Waals surface area (Å²) in [5, 5.41) is 0. The molecule has 0 aliphatic heterocycles. The zero-order chi connectivity index (χ0) is 17.1. The van der Waals surface area contributed by atoms with E-state index in [0.717, 1.165) is 12.1 Å². The highest BCUT2D eigenvalue weighted by atomic mass is 32.2. The minimum atomic E-state index is 0.197. The summed E-state index contributed by atoms with van der Waals surface area (Å²) in [6.07, 6.45) is 1.07. The van der Waals surface area contributed by atoms with Gasteiger partial charge in [0.1, 0.15) is 0 Å². The van der Waals surface area contributed by atoms with Crippen molar-refractivity contribution in [3.63, 3.8) is 0 Å². The summed E-state index contributed by atoms with van der Waals surface area (Å²) in [7, 11) is 0. The molecule has 1 aromatic rings. The lowest BCUT2D eigenvalue weighted by molar-refractivity contribution is 0.481. The average Bonchev–Trinajstić information content (AvgIpc) is 2.35. The molecule has 22 heavy (non-hydrogen) atoms. The van der Waals surface area contributed by atoms with Gasteiger partial charge in [-0.3, -0.25) is 0 Å². The molecule has 0 bridgehead atoms. The van der Waals surface area contributed by atoms with Crippen LogP contribution in [0.5, 0.6) is 0 Å². The standard InChI is InChI=1S/C20H33BS/c1-15-10-11-17(12-18(15)22-14-19(3,4)5)21(9)13-16(2)20(6,7)8/h10-12H,2,13-14H2,1,3-9H3. The van der Waals surface area contributed by atoms with Crippen LogP contribution < -0.4 is 5.46 Å². The molecule has 0 saturated heterocycles. The van der Waals surface area contributed by atoms with Crippen LogP contribution in [0.4, 0.5) is 0 Å². The molecule has 0 aliphatic rings. The molecular weight excluding hydrogens is 283 g/mol. The molecule has 0 heterocycles. The van der Waals surface area contributed by atoms with Gasteiger partial charge in [0.2, 0.25) is 0 Å². The monoisotopic (exact) mass is 316 g/mol. The van der Waals surface area contributed by atoms with Crippen LogP contribution >= 0.6 is 11.8 Å². The second kappa shape index (κ2) is 7.30. The molecule has 2 heteroatoms. The van der Waals surface area contributed by atoms with Gasteiger partial charge < -0.3 is 0 Å². The Balaban J connectivity index is 2.86. The Kier molecular flexibility index (Phi) is 6.44. The highest BCUT2D eigenvalue weighted by molar-refractivity contribution is 7.99. The number of hydrogen-bond donors (Lipinski definition) is 0. The first-order chi connectivity index (χ1) is 9.90. The van der Waals surface area contributed by atoms with Gasteiger partial charge in [0.15, 0.2) is 6.71 Å². The van der Waals surface area contributed by atoms with Crippen LogP contribution in [0.3, 0.4) is 0 Å². The van der Waals surface area contributed by atoms with Crippen LogP contribution in [-0.2, 0) is 0 Å². The molecule has 0 nitrogen and oxygen atoms in total. The van der Waals surface area contributed by atoms with E-state index in [1.165, 1.54) is 21.5 Å². The summed E-state index contributed by atoms with van der Waals surface area (Å²) in [4.78, 5) is 1.43. The molecular formula is C20H33BS. The van der Waals surface area contributed by atoms with Gasteiger partial charge in [0.05, 0.1) is 0 Å². The molecule has 0 atom stereocenters. The second-order valence-electron chi connectivity index (χ2n) is 8.83. The van der Waals surface area contributed by atoms with E-state index in [2.05, 4.69) is 80.1 Å². The zero-order valence-electron chi connectivity index (χ0n) is 15.8. The van der Waals surface area contributed by atoms with E-state index in [-0.39, 0.29) is 5.41 Å². The number of thioether (sulfide) groups is 1. The largest absolute Gasteiger partial charge is 0.176 e. The van der Waals surface area contributed by atoms with Crippen molar-refractivity contribution >= 4 is 23.9 Å². The van der Waals surface area contributed by atoms with Crippen LogP contribution in [0.25, 0.3) is 0 Å². The average molecular weight is 316 g/mol. The third-order valence-electron chi connectivity index (χ3n) is 4.06. The van der Waals surface area contributed by atoms with E-state index in [1.807, 2.05) is 11.8 Å². The van der Waals surface area contributed by atoms with Crippen molar-refractivity contribution in [2.75, 3.05) is 5.75 Å². The highest BCUT2D eigenvalue weighted by Crippen LogP contribution is 2.30. The number of allylic oxidation sites excluding steroid dienone is 1. The van der Waals surface area contributed by atoms with E-state index in [0.29, 0.717) is 12.1 Å². The fourth-order valence-electron chi connectivity index (χ4n) is 2.17. The van der Waals surface area contributed by atoms with Gasteiger partial charge in [-0.1, -0.05) is 77.6 Å². The predicted octanol–water partition coefficient (Wildman–Crippen LogP) is 6.07. The molecule has 0 aromatic heterocycles. The molecule has 122 valence electrons. The lowest BCUT2D eigenvalue weighted by Gasteiger charge is -2.24. The van der Waals surface area contributed by atoms with Gasteiger partial charge in [0, 0.05) is 10.6 Å². The summed E-state index contributed by atoms with van der Waals surface area (Å²) in [6, 6.07) is 6.96. The number of rotatable bonds is 5. The molecule has 0 unspecified atom stereocenters. The molecule has 0 amide bonds. The molecule has 1 rings (SSSR count). The lowest BCUT2D eigenvalue weighted by atomic mass is 9.42. The number of aryl methyl sites for hydroxylation is 1. The van der Waals surface area contributed by atoms with Gasteiger partial charge in [-0.05, 0) is 29.6 Å². The Morgan fingerprint density at radius 2 is 1.73 bits per heavy atom. The smallest absolute Gasteiger partial charge is 0.125 e. The summed E-state index contributed by atoms with van der Waals surface area (Å²) < 4.78 is 0. The topological polar surface area (TPSA) is 0 Å². The van der Waals surface area contributed by atoms with Crippen molar-refractivity contribution in [3.8, 4) is 0 Å². The van der Waals surface area contributed by atoms with E-state index < -0.39 is 0 Å². The van der Waals surface area contributed by atoms with Crippen molar-refractivity contribution in [3.05, 3.63) is 35.9 Å². The van der Waals surface area contributed by atoms with Crippen LogP contribution in [0.15, 0.2) is 35.2 Å². The Morgan fingerprint density at radius 3 is 2.23 bits per heavy atom. The molecule has 0 spiro atoms. The number of hydrogen-bond acceptors (Lipinski definition) is 1. The van der Waals surface area contributed by atoms with Gasteiger partial charge >= 0.3 is 0 Å². The Bertz CT molecular complexity index is 517. The van der Waals surface area contributed by atoms with Crippen molar-refractivity contribution in [2.24, 2.45) is 10.8 Å². The number of benzene rings is 1. The fourth-order valence-corrected chi connectivity index (χ4v) is 3.27. The Hall–Kier alpha value is -0.625. The van der Waals surface area contributed by atoms with E-state index in [4.69, 9.17) is 0 Å². The summed E-state index contributed by atoms with van der Waals surface area (Å²) >= 11 is 1.99. The predicted molar refractivity (Wildman–Crippen MR) is 106 cm³/mol. The van der Waals surface area contributed by atoms with Gasteiger partial charge in [-0.15, -0.1) is 18.3 Å². The maximum absolute atomic E-state index is 4.29. The summed E-state index contributed by atoms with van der Waals surface area (Å²) in [5.74, 6) is 1.15. The van der Waals surface area contributed by atoms with Crippen LogP contribution in [0.2, 0.25) is 13.1 Å². The first kappa shape index (κ1) is 19.4. The van der Waals surface area contributed by atoms with Crippen molar-refractivity contribution < 1.29 is 0 Å². The van der Waals surface area contributed by atoms with Gasteiger partial charge in [0.25, 0.3) is 0 Å². The molecule has 0 saturated carbocycles. The molecule has 0 N–H and O–H groups in total. The van der Waals surface area contributed by atoms with Crippen molar-refractivity contribution in [1.29, 1.82) is 0 Å². The highest BCUT2D eigenvalue weighted by Gasteiger charge is 2.20. The first-order valence-electron chi connectivity index (χ1n) is 8.32. The van der Waals surface area contributed by atoms with E-state index >= 15 is 0 Å². The second-order valence-corrected chi connectivity index (χ2v) is 9.85. The van der Waals surface area contributed by atoms with Gasteiger partial charge in [-0.2, -0.15) is 0 Å².